The van der Waals surface area contributed by atoms with Crippen molar-refractivity contribution in [3.05, 3.63) is 62.9 Å². The van der Waals surface area contributed by atoms with Crippen LogP contribution in [0, 0.1) is 11.7 Å². The number of amides is 1. The second-order valence-corrected chi connectivity index (χ2v) is 10.7. The van der Waals surface area contributed by atoms with Gasteiger partial charge < -0.3 is 4.74 Å². The summed E-state index contributed by atoms with van der Waals surface area (Å²) in [6.07, 6.45) is 0.0686. The van der Waals surface area contributed by atoms with Gasteiger partial charge in [0, 0.05) is 22.4 Å². The first-order valence-corrected chi connectivity index (χ1v) is 13.6. The summed E-state index contributed by atoms with van der Waals surface area (Å²) < 4.78 is 65.2. The summed E-state index contributed by atoms with van der Waals surface area (Å²) in [5.41, 5.74) is 0.797. The van der Waals surface area contributed by atoms with Gasteiger partial charge in [-0.15, -0.1) is 0 Å². The van der Waals surface area contributed by atoms with Crippen LogP contribution in [-0.4, -0.2) is 42.9 Å². The fraction of sp³-hybridized carbons (Fsp3) is 0.480. The van der Waals surface area contributed by atoms with Crippen molar-refractivity contribution in [1.29, 1.82) is 0 Å². The summed E-state index contributed by atoms with van der Waals surface area (Å²) in [7, 11) is 0. The summed E-state index contributed by atoms with van der Waals surface area (Å²) in [5, 5.41) is 0.316. The Morgan fingerprint density at radius 3 is 2.31 bits per heavy atom. The molecule has 0 aromatic heterocycles. The summed E-state index contributed by atoms with van der Waals surface area (Å²) in [4.78, 5) is 13.6. The number of carbonyl (C=O) groups is 1. The Morgan fingerprint density at radius 1 is 1.11 bits per heavy atom. The summed E-state index contributed by atoms with van der Waals surface area (Å²) in [6, 6.07) is 5.02. The molecule has 1 aliphatic carbocycles. The predicted octanol–water partition coefficient (Wildman–Crippen LogP) is 7.41. The molecule has 1 atom stereocenters. The molecule has 1 heterocycles. The summed E-state index contributed by atoms with van der Waals surface area (Å²) in [6.45, 7) is 0.711. The molecule has 1 saturated heterocycles. The lowest BCUT2D eigenvalue weighted by Crippen LogP contribution is -2.43. The largest absolute Gasteiger partial charge is 0.493 e. The van der Waals surface area contributed by atoms with Crippen molar-refractivity contribution in [3.8, 4) is 5.75 Å². The SMILES string of the molecule is CSNC(=O)c1cc(C2CC2)c(OCC2CCN(C(c3cc(Cl)cc(Cl)c3)C(F)(F)F)CC2)cc1F. The van der Waals surface area contributed by atoms with Gasteiger partial charge in [0.2, 0.25) is 0 Å². The molecule has 4 rings (SSSR count). The number of ether oxygens (including phenoxy) is 1. The van der Waals surface area contributed by atoms with Crippen molar-refractivity contribution in [2.75, 3.05) is 26.0 Å². The minimum Gasteiger partial charge on any atom is -0.493 e. The Morgan fingerprint density at radius 2 is 1.75 bits per heavy atom. The number of likely N-dealkylation sites (tertiary alicyclic amines) is 1. The quantitative estimate of drug-likeness (QED) is 0.267. The van der Waals surface area contributed by atoms with Gasteiger partial charge in [0.05, 0.1) is 12.2 Å². The molecular formula is C25H26Cl2F4N2O2S. The van der Waals surface area contributed by atoms with E-state index in [1.807, 2.05) is 0 Å². The Kier molecular flexibility index (Phi) is 8.64. The van der Waals surface area contributed by atoms with Crippen LogP contribution >= 0.6 is 35.1 Å². The van der Waals surface area contributed by atoms with Crippen molar-refractivity contribution in [3.63, 3.8) is 0 Å². The monoisotopic (exact) mass is 564 g/mol. The third-order valence-electron chi connectivity index (χ3n) is 6.56. The van der Waals surface area contributed by atoms with Gasteiger partial charge in [-0.25, -0.2) is 4.39 Å². The van der Waals surface area contributed by atoms with Crippen molar-refractivity contribution in [2.45, 2.75) is 43.8 Å². The van der Waals surface area contributed by atoms with Crippen LogP contribution in [0.1, 0.15) is 59.1 Å². The van der Waals surface area contributed by atoms with Crippen LogP contribution in [0.2, 0.25) is 10.0 Å². The molecule has 196 valence electrons. The fourth-order valence-electron chi connectivity index (χ4n) is 4.66. The topological polar surface area (TPSA) is 41.6 Å². The van der Waals surface area contributed by atoms with E-state index in [1.165, 1.54) is 29.2 Å². The van der Waals surface area contributed by atoms with Gasteiger partial charge in [-0.2, -0.15) is 13.2 Å². The van der Waals surface area contributed by atoms with Crippen LogP contribution in [0.25, 0.3) is 0 Å². The van der Waals surface area contributed by atoms with Crippen LogP contribution in [0.15, 0.2) is 30.3 Å². The molecule has 1 aliphatic heterocycles. The zero-order valence-corrected chi connectivity index (χ0v) is 21.8. The highest BCUT2D eigenvalue weighted by molar-refractivity contribution is 7.97. The maximum Gasteiger partial charge on any atom is 0.408 e. The highest BCUT2D eigenvalue weighted by atomic mass is 35.5. The van der Waals surface area contributed by atoms with E-state index in [0.717, 1.165) is 30.4 Å². The van der Waals surface area contributed by atoms with Gasteiger partial charge in [0.1, 0.15) is 17.6 Å². The Bertz CT molecular complexity index is 1090. The van der Waals surface area contributed by atoms with E-state index in [-0.39, 0.29) is 52.7 Å². The molecular weight excluding hydrogens is 539 g/mol. The van der Waals surface area contributed by atoms with E-state index in [2.05, 4.69) is 4.72 Å². The Balaban J connectivity index is 1.42. The number of nitrogens with one attached hydrogen (secondary N) is 1. The average Bonchev–Trinajstić information content (AvgIpc) is 3.62. The van der Waals surface area contributed by atoms with Gasteiger partial charge in [-0.3, -0.25) is 14.4 Å². The predicted molar refractivity (Wildman–Crippen MR) is 134 cm³/mol. The second kappa shape index (κ2) is 11.4. The maximum atomic E-state index is 14.6. The van der Waals surface area contributed by atoms with Crippen molar-refractivity contribution >= 4 is 41.1 Å². The van der Waals surface area contributed by atoms with E-state index in [9.17, 15) is 22.4 Å². The van der Waals surface area contributed by atoms with E-state index >= 15 is 0 Å². The molecule has 1 unspecified atom stereocenters. The molecule has 1 N–H and O–H groups in total. The Labute approximate surface area is 221 Å². The molecule has 1 amide bonds. The molecule has 36 heavy (non-hydrogen) atoms. The molecule has 0 spiro atoms. The van der Waals surface area contributed by atoms with E-state index in [0.29, 0.717) is 18.6 Å². The highest BCUT2D eigenvalue weighted by Crippen LogP contribution is 2.46. The van der Waals surface area contributed by atoms with Gasteiger partial charge in [0.15, 0.2) is 0 Å². The number of piperidine rings is 1. The number of hydrogen-bond acceptors (Lipinski definition) is 4. The molecule has 1 saturated carbocycles. The fourth-order valence-corrected chi connectivity index (χ4v) is 5.50. The van der Waals surface area contributed by atoms with Crippen LogP contribution in [-0.2, 0) is 0 Å². The minimum atomic E-state index is -4.49. The molecule has 2 aromatic carbocycles. The van der Waals surface area contributed by atoms with Crippen molar-refractivity contribution in [2.24, 2.45) is 5.92 Å². The van der Waals surface area contributed by atoms with Gasteiger partial charge in [0.25, 0.3) is 5.91 Å². The first kappa shape index (κ1) is 27.4. The summed E-state index contributed by atoms with van der Waals surface area (Å²) >= 11 is 13.0. The number of rotatable bonds is 8. The third-order valence-corrected chi connectivity index (χ3v) is 7.38. The molecule has 0 bridgehead atoms. The van der Waals surface area contributed by atoms with Gasteiger partial charge >= 0.3 is 6.18 Å². The van der Waals surface area contributed by atoms with E-state index in [1.54, 1.807) is 12.3 Å². The zero-order valence-electron chi connectivity index (χ0n) is 19.5. The van der Waals surface area contributed by atoms with Crippen molar-refractivity contribution in [1.82, 2.24) is 9.62 Å². The molecule has 2 fully saturated rings. The normalized spacial score (nSPS) is 18.2. The maximum absolute atomic E-state index is 14.6. The lowest BCUT2D eigenvalue weighted by molar-refractivity contribution is -0.190. The average molecular weight is 565 g/mol. The molecule has 11 heteroatoms. The lowest BCUT2D eigenvalue weighted by atomic mass is 9.94. The molecule has 2 aromatic rings. The number of halogens is 6. The van der Waals surface area contributed by atoms with Gasteiger partial charge in [-0.05, 0) is 86.0 Å². The van der Waals surface area contributed by atoms with Crippen molar-refractivity contribution < 1.29 is 27.1 Å². The number of carbonyl (C=O) groups excluding carboxylic acids is 1. The van der Waals surface area contributed by atoms with Crippen LogP contribution in [0.5, 0.6) is 5.75 Å². The van der Waals surface area contributed by atoms with Crippen LogP contribution in [0.3, 0.4) is 0 Å². The molecule has 0 radical (unpaired) electrons. The third kappa shape index (κ3) is 6.60. The Hall–Kier alpha value is -1.68. The molecule has 2 aliphatic rings. The first-order valence-electron chi connectivity index (χ1n) is 11.6. The smallest absolute Gasteiger partial charge is 0.408 e. The lowest BCUT2D eigenvalue weighted by Gasteiger charge is -2.38. The minimum absolute atomic E-state index is 0.0184. The standard InChI is InChI=1S/C25H26Cl2F4N2O2S/c1-36-32-24(34)20-11-19(15-2-3-15)22(12-21(20)28)35-13-14-4-6-33(7-5-14)23(25(29,30)31)16-8-17(26)10-18(27)9-16/h8-12,14-15,23H,2-7,13H2,1H3,(H,32,34). The zero-order chi connectivity index (χ0) is 26.0. The molecule has 4 nitrogen and oxygen atoms in total. The van der Waals surface area contributed by atoms with Crippen LogP contribution < -0.4 is 9.46 Å². The summed E-state index contributed by atoms with van der Waals surface area (Å²) in [5.74, 6) is -0.516. The van der Waals surface area contributed by atoms with Crippen LogP contribution in [0.4, 0.5) is 17.6 Å². The number of nitrogens with zero attached hydrogens (tertiary/aromatic N) is 1. The number of alkyl halides is 3. The first-order chi connectivity index (χ1) is 17.1. The highest BCUT2D eigenvalue weighted by Gasteiger charge is 2.45. The van der Waals surface area contributed by atoms with Gasteiger partial charge in [-0.1, -0.05) is 35.1 Å². The number of benzene rings is 2. The van der Waals surface area contributed by atoms with E-state index < -0.39 is 23.9 Å². The second-order valence-electron chi connectivity index (χ2n) is 9.22. The number of hydrogen-bond donors (Lipinski definition) is 1. The van der Waals surface area contributed by atoms with E-state index in [4.69, 9.17) is 27.9 Å².